The summed E-state index contributed by atoms with van der Waals surface area (Å²) < 4.78 is 0. The smallest absolute Gasteiger partial charge is 0.297 e. The molecule has 1 aromatic carbocycles. The summed E-state index contributed by atoms with van der Waals surface area (Å²) in [6, 6.07) is 11.5. The summed E-state index contributed by atoms with van der Waals surface area (Å²) in [5.74, 6) is 0. The van der Waals surface area contributed by atoms with Crippen molar-refractivity contribution < 1.29 is 4.79 Å². The number of anilines is 2. The SMILES string of the molecule is Cc1ccc(N(C)C(=O)Nc2nc(C)c(-c3ccncc3)s2)cc1. The van der Waals surface area contributed by atoms with Crippen LogP contribution in [0.3, 0.4) is 0 Å². The van der Waals surface area contributed by atoms with Crippen LogP contribution in [-0.4, -0.2) is 23.0 Å². The van der Waals surface area contributed by atoms with Gasteiger partial charge in [-0.3, -0.25) is 15.2 Å². The highest BCUT2D eigenvalue weighted by Crippen LogP contribution is 2.32. The Labute approximate surface area is 145 Å². The molecule has 3 aromatic rings. The predicted molar refractivity (Wildman–Crippen MR) is 98.7 cm³/mol. The lowest BCUT2D eigenvalue weighted by Gasteiger charge is -2.17. The van der Waals surface area contributed by atoms with E-state index in [9.17, 15) is 4.79 Å². The first kappa shape index (κ1) is 16.1. The molecule has 0 fully saturated rings. The van der Waals surface area contributed by atoms with Gasteiger partial charge in [0, 0.05) is 25.1 Å². The minimum Gasteiger partial charge on any atom is -0.297 e. The zero-order valence-electron chi connectivity index (χ0n) is 13.8. The van der Waals surface area contributed by atoms with Gasteiger partial charge in [0.1, 0.15) is 0 Å². The lowest BCUT2D eigenvalue weighted by molar-refractivity contribution is 0.258. The molecule has 122 valence electrons. The molecule has 24 heavy (non-hydrogen) atoms. The zero-order chi connectivity index (χ0) is 17.1. The topological polar surface area (TPSA) is 58.1 Å². The highest BCUT2D eigenvalue weighted by Gasteiger charge is 2.15. The van der Waals surface area contributed by atoms with Crippen molar-refractivity contribution in [2.45, 2.75) is 13.8 Å². The van der Waals surface area contributed by atoms with Gasteiger partial charge in [0.25, 0.3) is 0 Å². The Morgan fingerprint density at radius 2 is 1.75 bits per heavy atom. The lowest BCUT2D eigenvalue weighted by atomic mass is 10.2. The van der Waals surface area contributed by atoms with Crippen LogP contribution in [0.15, 0.2) is 48.8 Å². The molecule has 0 atom stereocenters. The summed E-state index contributed by atoms with van der Waals surface area (Å²) in [7, 11) is 1.74. The molecule has 0 radical (unpaired) electrons. The second kappa shape index (κ2) is 6.80. The Hall–Kier alpha value is -2.73. The van der Waals surface area contributed by atoms with Crippen LogP contribution in [0.1, 0.15) is 11.3 Å². The number of amides is 2. The molecule has 0 unspecified atom stereocenters. The number of aryl methyl sites for hydroxylation is 2. The molecule has 0 aliphatic carbocycles. The molecular formula is C18H18N4OS. The molecule has 0 aliphatic rings. The maximum absolute atomic E-state index is 12.4. The number of thiazole rings is 1. The monoisotopic (exact) mass is 338 g/mol. The average Bonchev–Trinajstić information content (AvgIpc) is 2.96. The van der Waals surface area contributed by atoms with Gasteiger partial charge in [0.2, 0.25) is 0 Å². The first-order chi connectivity index (χ1) is 11.5. The molecule has 0 spiro atoms. The summed E-state index contributed by atoms with van der Waals surface area (Å²) in [6.45, 7) is 3.95. The van der Waals surface area contributed by atoms with Gasteiger partial charge in [0.15, 0.2) is 5.13 Å². The number of pyridine rings is 1. The number of benzene rings is 1. The molecular weight excluding hydrogens is 320 g/mol. The molecule has 2 heterocycles. The summed E-state index contributed by atoms with van der Waals surface area (Å²) in [5.41, 5.74) is 3.93. The molecule has 5 nitrogen and oxygen atoms in total. The fourth-order valence-electron chi connectivity index (χ4n) is 2.28. The van der Waals surface area contributed by atoms with Crippen LogP contribution in [-0.2, 0) is 0 Å². The molecule has 0 saturated heterocycles. The Morgan fingerprint density at radius 1 is 1.08 bits per heavy atom. The van der Waals surface area contributed by atoms with Gasteiger partial charge in [-0.05, 0) is 43.7 Å². The van der Waals surface area contributed by atoms with Gasteiger partial charge in [-0.25, -0.2) is 9.78 Å². The standard InChI is InChI=1S/C18H18N4OS/c1-12-4-6-15(7-5-12)22(3)18(23)21-17-20-13(2)16(24-17)14-8-10-19-11-9-14/h4-11H,1-3H3,(H,20,21,23). The average molecular weight is 338 g/mol. The lowest BCUT2D eigenvalue weighted by Crippen LogP contribution is -2.31. The van der Waals surface area contributed by atoms with Crippen molar-refractivity contribution in [2.24, 2.45) is 0 Å². The molecule has 2 amide bonds. The number of nitrogens with zero attached hydrogens (tertiary/aromatic N) is 3. The van der Waals surface area contributed by atoms with Crippen LogP contribution in [0.4, 0.5) is 15.6 Å². The van der Waals surface area contributed by atoms with Crippen molar-refractivity contribution in [1.29, 1.82) is 0 Å². The predicted octanol–water partition coefficient (Wildman–Crippen LogP) is 4.49. The number of nitrogens with one attached hydrogen (secondary N) is 1. The van der Waals surface area contributed by atoms with E-state index < -0.39 is 0 Å². The fourth-order valence-corrected chi connectivity index (χ4v) is 3.24. The van der Waals surface area contributed by atoms with Crippen LogP contribution in [0.25, 0.3) is 10.4 Å². The molecule has 3 rings (SSSR count). The van der Waals surface area contributed by atoms with Crippen molar-refractivity contribution >= 4 is 28.2 Å². The second-order valence-electron chi connectivity index (χ2n) is 5.49. The number of aromatic nitrogens is 2. The van der Waals surface area contributed by atoms with E-state index in [4.69, 9.17) is 0 Å². The number of hydrogen-bond acceptors (Lipinski definition) is 4. The minimum absolute atomic E-state index is 0.214. The van der Waals surface area contributed by atoms with Gasteiger partial charge in [0.05, 0.1) is 10.6 Å². The van der Waals surface area contributed by atoms with Crippen LogP contribution < -0.4 is 10.2 Å². The van der Waals surface area contributed by atoms with Crippen molar-refractivity contribution in [2.75, 3.05) is 17.3 Å². The minimum atomic E-state index is -0.214. The van der Waals surface area contributed by atoms with Crippen LogP contribution in [0, 0.1) is 13.8 Å². The second-order valence-corrected chi connectivity index (χ2v) is 6.49. The molecule has 2 aromatic heterocycles. The summed E-state index contributed by atoms with van der Waals surface area (Å²) in [5, 5.41) is 3.45. The van der Waals surface area contributed by atoms with Gasteiger partial charge in [-0.2, -0.15) is 0 Å². The highest BCUT2D eigenvalue weighted by molar-refractivity contribution is 7.19. The number of carbonyl (C=O) groups is 1. The number of hydrogen-bond donors (Lipinski definition) is 1. The Balaban J connectivity index is 1.76. The maximum atomic E-state index is 12.4. The zero-order valence-corrected chi connectivity index (χ0v) is 14.6. The maximum Gasteiger partial charge on any atom is 0.327 e. The fraction of sp³-hybridized carbons (Fsp3) is 0.167. The van der Waals surface area contributed by atoms with Crippen LogP contribution in [0.2, 0.25) is 0 Å². The number of carbonyl (C=O) groups excluding carboxylic acids is 1. The normalized spacial score (nSPS) is 10.5. The van der Waals surface area contributed by atoms with Crippen molar-refractivity contribution in [1.82, 2.24) is 9.97 Å². The number of urea groups is 1. The molecule has 0 aliphatic heterocycles. The van der Waals surface area contributed by atoms with E-state index in [2.05, 4.69) is 15.3 Å². The Morgan fingerprint density at radius 3 is 2.42 bits per heavy atom. The van der Waals surface area contributed by atoms with Crippen LogP contribution >= 0.6 is 11.3 Å². The summed E-state index contributed by atoms with van der Waals surface area (Å²) in [6.07, 6.45) is 3.50. The van der Waals surface area contributed by atoms with E-state index in [0.717, 1.165) is 27.4 Å². The van der Waals surface area contributed by atoms with Gasteiger partial charge in [-0.15, -0.1) is 0 Å². The molecule has 6 heteroatoms. The molecule has 1 N–H and O–H groups in total. The first-order valence-electron chi connectivity index (χ1n) is 7.54. The van der Waals surface area contributed by atoms with Gasteiger partial charge < -0.3 is 0 Å². The van der Waals surface area contributed by atoms with E-state index in [-0.39, 0.29) is 6.03 Å². The summed E-state index contributed by atoms with van der Waals surface area (Å²) in [4.78, 5) is 23.5. The first-order valence-corrected chi connectivity index (χ1v) is 8.35. The van der Waals surface area contributed by atoms with Crippen molar-refractivity contribution in [3.05, 3.63) is 60.0 Å². The van der Waals surface area contributed by atoms with E-state index in [1.165, 1.54) is 11.3 Å². The molecule has 0 bridgehead atoms. The van der Waals surface area contributed by atoms with E-state index in [0.29, 0.717) is 5.13 Å². The van der Waals surface area contributed by atoms with Crippen molar-refractivity contribution in [3.8, 4) is 10.4 Å². The van der Waals surface area contributed by atoms with Gasteiger partial charge >= 0.3 is 6.03 Å². The molecule has 0 saturated carbocycles. The van der Waals surface area contributed by atoms with Gasteiger partial charge in [-0.1, -0.05) is 29.0 Å². The van der Waals surface area contributed by atoms with Crippen LogP contribution in [0.5, 0.6) is 0 Å². The number of rotatable bonds is 3. The van der Waals surface area contributed by atoms with E-state index >= 15 is 0 Å². The third-order valence-electron chi connectivity index (χ3n) is 3.68. The van der Waals surface area contributed by atoms with E-state index in [1.54, 1.807) is 24.3 Å². The highest BCUT2D eigenvalue weighted by atomic mass is 32.1. The largest absolute Gasteiger partial charge is 0.327 e. The van der Waals surface area contributed by atoms with E-state index in [1.807, 2.05) is 50.2 Å². The quantitative estimate of drug-likeness (QED) is 0.765. The third kappa shape index (κ3) is 3.44. The Bertz CT molecular complexity index is 843. The summed E-state index contributed by atoms with van der Waals surface area (Å²) >= 11 is 1.46. The third-order valence-corrected chi connectivity index (χ3v) is 4.80. The van der Waals surface area contributed by atoms with Crippen molar-refractivity contribution in [3.63, 3.8) is 0 Å². The Kier molecular flexibility index (Phi) is 4.57.